The average molecular weight is 862 g/mol. The van der Waals surface area contributed by atoms with E-state index in [9.17, 15) is 24.0 Å². The molecule has 0 rings (SSSR count). The molecule has 0 radical (unpaired) electrons. The lowest BCUT2D eigenvalue weighted by Crippen LogP contribution is -2.29. The number of nitrogens with one attached hydrogen (secondary N) is 3. The number of hydroxylamine groups is 1. The lowest BCUT2D eigenvalue weighted by atomic mass is 10.0. The van der Waals surface area contributed by atoms with Gasteiger partial charge in [0.2, 0.25) is 17.7 Å². The SMILES string of the molecule is C.CCC(=O)NCCOCCOCC(=O)NCCCC[C@H](C)C(C)=O.CCCCCCCCCCCCCCCCCC(=O)NOCCOCC(=O)CCCOCCOC. The molecular formula is C46H91N3O11. The molecule has 0 spiro atoms. The third kappa shape index (κ3) is 51.7. The minimum absolute atomic E-state index is 0. The molecule has 0 aliphatic carbocycles. The standard InChI is InChI=1S/C28H55NO6.C17H32N2O5.CH4/c1-3-4-5-6-7-8-9-10-11-12-13-14-15-16-17-20-28(31)29-35-25-24-34-26-27(30)19-18-21-33-23-22-32-2;1-4-16(21)19-9-10-23-11-12-24-13-17(22)18-8-6-5-7-14(2)15(3)20;/h3-26H2,1-2H3,(H,29,31);14H,4-13H2,1-3H3,(H,18,22)(H,19,21);1H4/t;14-;/m.0./s1. The summed E-state index contributed by atoms with van der Waals surface area (Å²) in [7, 11) is 1.63. The van der Waals surface area contributed by atoms with Gasteiger partial charge >= 0.3 is 0 Å². The second-order valence-electron chi connectivity index (χ2n) is 15.1. The van der Waals surface area contributed by atoms with Crippen molar-refractivity contribution in [1.29, 1.82) is 0 Å². The highest BCUT2D eigenvalue weighted by molar-refractivity contribution is 5.79. The number of carbonyl (C=O) groups excluding carboxylic acids is 5. The molecule has 0 aromatic rings. The van der Waals surface area contributed by atoms with Gasteiger partial charge in [0.15, 0.2) is 5.78 Å². The minimum Gasteiger partial charge on any atom is -0.382 e. The van der Waals surface area contributed by atoms with Crippen LogP contribution < -0.4 is 16.1 Å². The molecule has 0 aromatic heterocycles. The maximum Gasteiger partial charge on any atom is 0.245 e. The molecule has 0 saturated heterocycles. The Bertz CT molecular complexity index is 987. The Labute approximate surface area is 365 Å². The molecule has 3 amide bonds. The maximum atomic E-state index is 11.8. The molecular weight excluding hydrogens is 771 g/mol. The fraction of sp³-hybridized carbons (Fsp3) is 0.891. The van der Waals surface area contributed by atoms with Crippen LogP contribution in [-0.2, 0) is 52.5 Å². The molecule has 0 aromatic carbocycles. The molecule has 0 fully saturated rings. The summed E-state index contributed by atoms with van der Waals surface area (Å²) in [5.41, 5.74) is 2.45. The number of hydrogen-bond donors (Lipinski definition) is 3. The summed E-state index contributed by atoms with van der Waals surface area (Å²) in [6.07, 6.45) is 24.4. The average Bonchev–Trinajstić information content (AvgIpc) is 3.22. The molecule has 60 heavy (non-hydrogen) atoms. The number of ether oxygens (including phenoxy) is 5. The first kappa shape index (κ1) is 61.8. The van der Waals surface area contributed by atoms with Crippen molar-refractivity contribution in [1.82, 2.24) is 16.1 Å². The third-order valence-corrected chi connectivity index (χ3v) is 9.54. The number of methoxy groups -OCH3 is 1. The summed E-state index contributed by atoms with van der Waals surface area (Å²) < 4.78 is 25.9. The zero-order chi connectivity index (χ0) is 43.9. The first-order chi connectivity index (χ1) is 28.7. The Morgan fingerprint density at radius 2 is 1.03 bits per heavy atom. The summed E-state index contributed by atoms with van der Waals surface area (Å²) >= 11 is 0. The lowest BCUT2D eigenvalue weighted by Gasteiger charge is -2.09. The van der Waals surface area contributed by atoms with E-state index in [1.54, 1.807) is 21.0 Å². The van der Waals surface area contributed by atoms with Crippen molar-refractivity contribution in [2.24, 2.45) is 5.92 Å². The van der Waals surface area contributed by atoms with Crippen molar-refractivity contribution in [2.45, 2.75) is 176 Å². The van der Waals surface area contributed by atoms with Crippen LogP contribution in [-0.4, -0.2) is 116 Å². The summed E-state index contributed by atoms with van der Waals surface area (Å²) in [6, 6.07) is 0. The molecule has 0 unspecified atom stereocenters. The number of carbonyl (C=O) groups is 5. The number of unbranched alkanes of at least 4 members (excludes halogenated alkanes) is 15. The lowest BCUT2D eigenvalue weighted by molar-refractivity contribution is -0.136. The summed E-state index contributed by atoms with van der Waals surface area (Å²) in [5.74, 6) is 0.107. The molecule has 356 valence electrons. The fourth-order valence-electron chi connectivity index (χ4n) is 5.64. The van der Waals surface area contributed by atoms with Crippen molar-refractivity contribution in [3.63, 3.8) is 0 Å². The van der Waals surface area contributed by atoms with Gasteiger partial charge in [0, 0.05) is 52.0 Å². The number of ketones is 2. The van der Waals surface area contributed by atoms with Gasteiger partial charge in [-0.15, -0.1) is 0 Å². The van der Waals surface area contributed by atoms with Crippen LogP contribution in [0.1, 0.15) is 176 Å². The topological polar surface area (TPSA) is 177 Å². The van der Waals surface area contributed by atoms with E-state index in [0.29, 0.717) is 78.4 Å². The Morgan fingerprint density at radius 1 is 0.500 bits per heavy atom. The van der Waals surface area contributed by atoms with E-state index < -0.39 is 0 Å². The van der Waals surface area contributed by atoms with Gasteiger partial charge in [0.1, 0.15) is 19.0 Å². The van der Waals surface area contributed by atoms with Crippen LogP contribution in [0.25, 0.3) is 0 Å². The van der Waals surface area contributed by atoms with Gasteiger partial charge in [-0.2, -0.15) is 0 Å². The van der Waals surface area contributed by atoms with Gasteiger partial charge in [0.05, 0.1) is 46.2 Å². The number of rotatable bonds is 44. The second-order valence-corrected chi connectivity index (χ2v) is 15.1. The molecule has 0 aliphatic heterocycles. The van der Waals surface area contributed by atoms with Crippen molar-refractivity contribution in [3.8, 4) is 0 Å². The van der Waals surface area contributed by atoms with Crippen LogP contribution in [0.15, 0.2) is 0 Å². The van der Waals surface area contributed by atoms with Gasteiger partial charge in [-0.25, -0.2) is 5.48 Å². The minimum atomic E-state index is -0.148. The van der Waals surface area contributed by atoms with Crippen molar-refractivity contribution >= 4 is 29.3 Å². The van der Waals surface area contributed by atoms with Crippen molar-refractivity contribution in [2.75, 3.05) is 86.3 Å². The van der Waals surface area contributed by atoms with Gasteiger partial charge in [-0.1, -0.05) is 125 Å². The third-order valence-electron chi connectivity index (χ3n) is 9.54. The van der Waals surface area contributed by atoms with E-state index in [4.69, 9.17) is 28.5 Å². The Hall–Kier alpha value is -2.49. The summed E-state index contributed by atoms with van der Waals surface area (Å²) in [5, 5.41) is 5.48. The smallest absolute Gasteiger partial charge is 0.245 e. The highest BCUT2D eigenvalue weighted by Crippen LogP contribution is 2.14. The normalized spacial score (nSPS) is 11.2. The molecule has 1 atom stereocenters. The molecule has 0 heterocycles. The number of Topliss-reactive ketones (excluding diaryl/α,β-unsaturated/α-hetero) is 2. The van der Waals surface area contributed by atoms with E-state index >= 15 is 0 Å². The maximum absolute atomic E-state index is 11.8. The van der Waals surface area contributed by atoms with Crippen molar-refractivity contribution in [3.05, 3.63) is 0 Å². The van der Waals surface area contributed by atoms with Crippen molar-refractivity contribution < 1.29 is 52.5 Å². The van der Waals surface area contributed by atoms with Crippen LogP contribution in [0.3, 0.4) is 0 Å². The van der Waals surface area contributed by atoms with Crippen LogP contribution >= 0.6 is 0 Å². The van der Waals surface area contributed by atoms with E-state index in [-0.39, 0.29) is 69.1 Å². The first-order valence-corrected chi connectivity index (χ1v) is 22.9. The highest BCUT2D eigenvalue weighted by Gasteiger charge is 2.08. The Kier molecular flexibility index (Phi) is 52.4. The Balaban J connectivity index is -0.00000114. The molecule has 14 heteroatoms. The Morgan fingerprint density at radius 3 is 1.63 bits per heavy atom. The predicted molar refractivity (Wildman–Crippen MR) is 240 cm³/mol. The van der Waals surface area contributed by atoms with Crippen LogP contribution in [0.4, 0.5) is 0 Å². The van der Waals surface area contributed by atoms with E-state index in [0.717, 1.165) is 32.1 Å². The predicted octanol–water partition coefficient (Wildman–Crippen LogP) is 8.02. The molecule has 14 nitrogen and oxygen atoms in total. The number of hydrogen-bond acceptors (Lipinski definition) is 11. The monoisotopic (exact) mass is 862 g/mol. The summed E-state index contributed by atoms with van der Waals surface area (Å²) in [6.45, 7) is 12.1. The zero-order valence-electron chi connectivity index (χ0n) is 38.1. The fourth-order valence-corrected chi connectivity index (χ4v) is 5.64. The van der Waals surface area contributed by atoms with E-state index in [1.165, 1.54) is 83.5 Å². The number of amides is 3. The van der Waals surface area contributed by atoms with Gasteiger partial charge in [-0.3, -0.25) is 28.8 Å². The molecule has 0 bridgehead atoms. The quantitative estimate of drug-likeness (QED) is 0.0400. The van der Waals surface area contributed by atoms with Crippen LogP contribution in [0.5, 0.6) is 0 Å². The zero-order valence-corrected chi connectivity index (χ0v) is 38.1. The van der Waals surface area contributed by atoms with Crippen LogP contribution in [0, 0.1) is 5.92 Å². The van der Waals surface area contributed by atoms with Gasteiger partial charge < -0.3 is 34.3 Å². The van der Waals surface area contributed by atoms with Gasteiger partial charge in [0.25, 0.3) is 0 Å². The largest absolute Gasteiger partial charge is 0.382 e. The van der Waals surface area contributed by atoms with Crippen LogP contribution in [0.2, 0.25) is 0 Å². The van der Waals surface area contributed by atoms with E-state index in [2.05, 4.69) is 23.0 Å². The molecule has 0 aliphatic rings. The van der Waals surface area contributed by atoms with Gasteiger partial charge in [-0.05, 0) is 32.6 Å². The first-order valence-electron chi connectivity index (χ1n) is 22.9. The highest BCUT2D eigenvalue weighted by atomic mass is 16.7. The molecule has 3 N–H and O–H groups in total. The van der Waals surface area contributed by atoms with E-state index in [1.807, 2.05) is 6.92 Å². The second kappa shape index (κ2) is 50.9. The molecule has 0 saturated carbocycles. The summed E-state index contributed by atoms with van der Waals surface area (Å²) in [4.78, 5) is 62.1.